The lowest BCUT2D eigenvalue weighted by Crippen LogP contribution is -2.60. The van der Waals surface area contributed by atoms with Gasteiger partial charge in [-0.3, -0.25) is 4.79 Å². The molecule has 0 aromatic carbocycles. The topological polar surface area (TPSA) is 189 Å². The Kier molecular flexibility index (Phi) is 56.9. The van der Waals surface area contributed by atoms with E-state index in [4.69, 9.17) is 9.47 Å². The molecule has 0 bridgehead atoms. The van der Waals surface area contributed by atoms with E-state index in [2.05, 4.69) is 31.3 Å². The van der Waals surface area contributed by atoms with Crippen LogP contribution >= 0.6 is 0 Å². The molecule has 1 aliphatic rings. The number of ether oxygens (including phenoxy) is 2. The van der Waals surface area contributed by atoms with Gasteiger partial charge in [0.25, 0.3) is 0 Å². The number of carbonyl (C=O) groups is 1. The van der Waals surface area contributed by atoms with Crippen LogP contribution in [0.3, 0.4) is 0 Å². The molecule has 81 heavy (non-hydrogen) atoms. The van der Waals surface area contributed by atoms with Crippen molar-refractivity contribution in [1.82, 2.24) is 5.32 Å². The zero-order chi connectivity index (χ0) is 58.9. The monoisotopic (exact) mass is 1150 g/mol. The Bertz CT molecular complexity index is 1320. The van der Waals surface area contributed by atoms with Gasteiger partial charge in [0.2, 0.25) is 5.91 Å². The number of hydrogen-bond acceptors (Lipinski definition) is 10. The molecular formula is C70H137NO10. The SMILES string of the molecule is CCCCCCCCCCCCCCCCCCCCCC/C=C/CCCC(O)C(O)C(COC1OC(CO)C(O)C(O)C1O)NC(=O)C(O)CCCCCCCCCCCCCCCCCCCCCCCCCCCCCCC. The molecular weight excluding hydrogens is 1010 g/mol. The first-order chi connectivity index (χ1) is 39.7. The number of rotatable bonds is 63. The molecule has 1 fully saturated rings. The maximum atomic E-state index is 13.3. The van der Waals surface area contributed by atoms with E-state index in [1.807, 2.05) is 0 Å². The normalized spacial score (nSPS) is 19.1. The predicted octanol–water partition coefficient (Wildman–Crippen LogP) is 17.0. The minimum atomic E-state index is -1.67. The molecule has 0 radical (unpaired) electrons. The quantitative estimate of drug-likeness (QED) is 0.0215. The molecule has 0 saturated carbocycles. The summed E-state index contributed by atoms with van der Waals surface area (Å²) < 4.78 is 11.2. The van der Waals surface area contributed by atoms with Gasteiger partial charge in [-0.25, -0.2) is 0 Å². The Morgan fingerprint density at radius 2 is 0.728 bits per heavy atom. The van der Waals surface area contributed by atoms with Crippen molar-refractivity contribution in [1.29, 1.82) is 0 Å². The fourth-order valence-corrected chi connectivity index (χ4v) is 11.9. The first-order valence-corrected chi connectivity index (χ1v) is 35.6. The molecule has 9 unspecified atom stereocenters. The Hall–Kier alpha value is -1.15. The third-order valence-electron chi connectivity index (χ3n) is 17.6. The number of hydrogen-bond donors (Lipinski definition) is 8. The number of amides is 1. The number of allylic oxidation sites excluding steroid dienone is 2. The van der Waals surface area contributed by atoms with Crippen molar-refractivity contribution in [3.63, 3.8) is 0 Å². The smallest absolute Gasteiger partial charge is 0.249 e. The van der Waals surface area contributed by atoms with Gasteiger partial charge in [0.05, 0.1) is 25.4 Å². The molecule has 1 saturated heterocycles. The summed E-state index contributed by atoms with van der Waals surface area (Å²) in [5.74, 6) is -0.697. The van der Waals surface area contributed by atoms with Gasteiger partial charge in [0, 0.05) is 0 Å². The van der Waals surface area contributed by atoms with Gasteiger partial charge in [-0.1, -0.05) is 334 Å². The molecule has 1 rings (SSSR count). The molecule has 11 nitrogen and oxygen atoms in total. The van der Waals surface area contributed by atoms with Crippen molar-refractivity contribution in [2.45, 2.75) is 416 Å². The third-order valence-corrected chi connectivity index (χ3v) is 17.6. The average Bonchev–Trinajstić information content (AvgIpc) is 3.49. The first kappa shape index (κ1) is 77.9. The molecule has 0 spiro atoms. The van der Waals surface area contributed by atoms with Crippen molar-refractivity contribution in [2.24, 2.45) is 0 Å². The number of aliphatic hydroxyl groups is 7. The second-order valence-corrected chi connectivity index (χ2v) is 25.3. The van der Waals surface area contributed by atoms with Crippen LogP contribution in [0, 0.1) is 0 Å². The summed E-state index contributed by atoms with van der Waals surface area (Å²) in [6, 6.07) is -1.18. The van der Waals surface area contributed by atoms with Crippen molar-refractivity contribution < 1.29 is 50.0 Å². The summed E-state index contributed by atoms with van der Waals surface area (Å²) >= 11 is 0. The molecule has 8 N–H and O–H groups in total. The van der Waals surface area contributed by atoms with Crippen LogP contribution in [0.15, 0.2) is 12.2 Å². The number of nitrogens with one attached hydrogen (secondary N) is 1. The Morgan fingerprint density at radius 3 is 1.06 bits per heavy atom. The Labute approximate surface area is 500 Å². The number of aliphatic hydroxyl groups excluding tert-OH is 7. The summed E-state index contributed by atoms with van der Waals surface area (Å²) in [7, 11) is 0. The van der Waals surface area contributed by atoms with E-state index < -0.39 is 74.2 Å². The molecule has 9 atom stereocenters. The molecule has 1 amide bonds. The lowest BCUT2D eigenvalue weighted by molar-refractivity contribution is -0.303. The second-order valence-electron chi connectivity index (χ2n) is 25.3. The molecule has 1 aliphatic heterocycles. The highest BCUT2D eigenvalue weighted by Crippen LogP contribution is 2.24. The zero-order valence-corrected chi connectivity index (χ0v) is 53.3. The van der Waals surface area contributed by atoms with Crippen molar-refractivity contribution in [2.75, 3.05) is 13.2 Å². The minimum Gasteiger partial charge on any atom is -0.394 e. The Balaban J connectivity index is 2.20. The molecule has 482 valence electrons. The van der Waals surface area contributed by atoms with Gasteiger partial charge >= 0.3 is 0 Å². The predicted molar refractivity (Wildman–Crippen MR) is 339 cm³/mol. The first-order valence-electron chi connectivity index (χ1n) is 35.6. The van der Waals surface area contributed by atoms with Gasteiger partial charge in [0.1, 0.15) is 36.6 Å². The number of carbonyl (C=O) groups excluding carboxylic acids is 1. The van der Waals surface area contributed by atoms with Crippen LogP contribution in [-0.4, -0.2) is 110 Å². The van der Waals surface area contributed by atoms with Crippen LogP contribution in [0.5, 0.6) is 0 Å². The van der Waals surface area contributed by atoms with Gasteiger partial charge in [-0.15, -0.1) is 0 Å². The zero-order valence-electron chi connectivity index (χ0n) is 53.3. The largest absolute Gasteiger partial charge is 0.394 e. The standard InChI is InChI=1S/C70H137NO10/c1-3-5-7-9-11-13-15-17-19-21-23-25-27-29-30-31-32-34-36-38-40-42-44-46-48-50-52-54-56-58-63(74)69(79)71-61(60-80-70-68(78)67(77)66(76)64(59-72)81-70)65(75)62(73)57-55-53-51-49-47-45-43-41-39-37-35-33-28-26-24-22-20-18-16-14-12-10-8-6-4-2/h49,51,61-68,70,72-78H,3-48,50,52-60H2,1-2H3,(H,71,79)/b51-49+. The van der Waals surface area contributed by atoms with Gasteiger partial charge in [-0.05, 0) is 38.5 Å². The van der Waals surface area contributed by atoms with Crippen LogP contribution in [0.25, 0.3) is 0 Å². The van der Waals surface area contributed by atoms with Crippen LogP contribution in [0.2, 0.25) is 0 Å². The lowest BCUT2D eigenvalue weighted by Gasteiger charge is -2.40. The van der Waals surface area contributed by atoms with E-state index in [-0.39, 0.29) is 12.8 Å². The summed E-state index contributed by atoms with van der Waals surface area (Å²) in [4.78, 5) is 13.3. The van der Waals surface area contributed by atoms with E-state index >= 15 is 0 Å². The highest BCUT2D eigenvalue weighted by Gasteiger charge is 2.44. The van der Waals surface area contributed by atoms with E-state index in [9.17, 15) is 40.5 Å². The molecule has 1 heterocycles. The van der Waals surface area contributed by atoms with E-state index in [1.165, 1.54) is 283 Å². The third kappa shape index (κ3) is 46.7. The molecule has 0 aliphatic carbocycles. The van der Waals surface area contributed by atoms with Gasteiger partial charge < -0.3 is 50.5 Å². The van der Waals surface area contributed by atoms with Crippen LogP contribution in [0.4, 0.5) is 0 Å². The Morgan fingerprint density at radius 1 is 0.420 bits per heavy atom. The van der Waals surface area contributed by atoms with Gasteiger partial charge in [0.15, 0.2) is 6.29 Å². The van der Waals surface area contributed by atoms with E-state index in [1.54, 1.807) is 0 Å². The van der Waals surface area contributed by atoms with Crippen molar-refractivity contribution in [3.05, 3.63) is 12.2 Å². The van der Waals surface area contributed by atoms with Crippen LogP contribution in [-0.2, 0) is 14.3 Å². The summed E-state index contributed by atoms with van der Waals surface area (Å²) in [5.41, 5.74) is 0. The fourth-order valence-electron chi connectivity index (χ4n) is 11.9. The van der Waals surface area contributed by atoms with Crippen molar-refractivity contribution in [3.8, 4) is 0 Å². The van der Waals surface area contributed by atoms with Crippen LogP contribution < -0.4 is 5.32 Å². The maximum absolute atomic E-state index is 13.3. The van der Waals surface area contributed by atoms with E-state index in [0.29, 0.717) is 12.8 Å². The maximum Gasteiger partial charge on any atom is 0.249 e. The molecule has 0 aromatic rings. The average molecular weight is 1150 g/mol. The van der Waals surface area contributed by atoms with Crippen molar-refractivity contribution >= 4 is 5.91 Å². The lowest BCUT2D eigenvalue weighted by atomic mass is 9.98. The fraction of sp³-hybridized carbons (Fsp3) is 0.957. The highest BCUT2D eigenvalue weighted by atomic mass is 16.7. The van der Waals surface area contributed by atoms with Gasteiger partial charge in [-0.2, -0.15) is 0 Å². The number of unbranched alkanes of at least 4 members (excludes halogenated alkanes) is 49. The highest BCUT2D eigenvalue weighted by molar-refractivity contribution is 5.80. The minimum absolute atomic E-state index is 0.260. The second kappa shape index (κ2) is 59.2. The summed E-state index contributed by atoms with van der Waals surface area (Å²) in [6.07, 6.45) is 61.6. The van der Waals surface area contributed by atoms with E-state index in [0.717, 1.165) is 38.5 Å². The molecule has 11 heteroatoms. The van der Waals surface area contributed by atoms with Crippen LogP contribution in [0.1, 0.15) is 361 Å². The summed E-state index contributed by atoms with van der Waals surface area (Å²) in [6.45, 7) is 3.51. The molecule has 0 aromatic heterocycles. The summed E-state index contributed by atoms with van der Waals surface area (Å²) in [5, 5.41) is 76.5.